The molecule has 0 aliphatic carbocycles. The fourth-order valence-corrected chi connectivity index (χ4v) is 1.63. The molecule has 0 aromatic heterocycles. The van der Waals surface area contributed by atoms with E-state index in [1.807, 2.05) is 0 Å². The van der Waals surface area contributed by atoms with Crippen LogP contribution in [0.3, 0.4) is 0 Å². The second kappa shape index (κ2) is 7.53. The zero-order valence-electron chi connectivity index (χ0n) is 9.33. The number of carbonyl (C=O) groups excluding carboxylic acids is 1. The summed E-state index contributed by atoms with van der Waals surface area (Å²) in [6.45, 7) is 0.894. The summed E-state index contributed by atoms with van der Waals surface area (Å²) in [7, 11) is 1.58. The molecule has 4 nitrogen and oxygen atoms in total. The van der Waals surface area contributed by atoms with Crippen LogP contribution in [0.1, 0.15) is 0 Å². The Kier molecular flexibility index (Phi) is 6.32. The first-order valence-corrected chi connectivity index (χ1v) is 6.14. The lowest BCUT2D eigenvalue weighted by Gasteiger charge is -2.09. The topological polar surface area (TPSA) is 47.6 Å². The number of nitrogens with one attached hydrogen (secondary N) is 1. The third-order valence-electron chi connectivity index (χ3n) is 1.90. The molecule has 0 radical (unpaired) electrons. The summed E-state index contributed by atoms with van der Waals surface area (Å²) >= 11 is 9.17. The number of benzene rings is 1. The zero-order valence-corrected chi connectivity index (χ0v) is 11.7. The van der Waals surface area contributed by atoms with Crippen molar-refractivity contribution in [2.75, 3.05) is 26.9 Å². The number of rotatable bonds is 6. The molecule has 0 spiro atoms. The lowest BCUT2D eigenvalue weighted by atomic mass is 10.3. The van der Waals surface area contributed by atoms with Crippen molar-refractivity contribution < 1.29 is 14.3 Å². The van der Waals surface area contributed by atoms with Gasteiger partial charge in [0, 0.05) is 13.7 Å². The van der Waals surface area contributed by atoms with Crippen molar-refractivity contribution in [2.45, 2.75) is 0 Å². The molecule has 0 fully saturated rings. The summed E-state index contributed by atoms with van der Waals surface area (Å²) in [6.07, 6.45) is 0. The Balaban J connectivity index is 2.39. The van der Waals surface area contributed by atoms with E-state index in [2.05, 4.69) is 21.2 Å². The van der Waals surface area contributed by atoms with Crippen molar-refractivity contribution in [3.8, 4) is 5.75 Å². The van der Waals surface area contributed by atoms with Gasteiger partial charge in [0.2, 0.25) is 0 Å². The van der Waals surface area contributed by atoms with Crippen molar-refractivity contribution in [1.82, 2.24) is 5.32 Å². The summed E-state index contributed by atoms with van der Waals surface area (Å²) in [5.74, 6) is 0.341. The van der Waals surface area contributed by atoms with Crippen LogP contribution in [0.4, 0.5) is 0 Å². The summed E-state index contributed by atoms with van der Waals surface area (Å²) in [6, 6.07) is 5.22. The van der Waals surface area contributed by atoms with Crippen LogP contribution in [0.15, 0.2) is 22.7 Å². The van der Waals surface area contributed by atoms with Crippen molar-refractivity contribution in [1.29, 1.82) is 0 Å². The lowest BCUT2D eigenvalue weighted by Crippen LogP contribution is -2.31. The van der Waals surface area contributed by atoms with E-state index in [1.54, 1.807) is 25.3 Å². The number of hydrogen-bond donors (Lipinski definition) is 1. The van der Waals surface area contributed by atoms with Gasteiger partial charge in [0.1, 0.15) is 5.75 Å². The maximum atomic E-state index is 11.3. The monoisotopic (exact) mass is 321 g/mol. The average molecular weight is 323 g/mol. The highest BCUT2D eigenvalue weighted by atomic mass is 79.9. The highest BCUT2D eigenvalue weighted by molar-refractivity contribution is 9.10. The molecule has 1 rings (SSSR count). The van der Waals surface area contributed by atoms with Crippen LogP contribution < -0.4 is 10.1 Å². The molecule has 0 bridgehead atoms. The minimum absolute atomic E-state index is 0.0529. The molecule has 0 aliphatic heterocycles. The highest BCUT2D eigenvalue weighted by Crippen LogP contribution is 2.31. The Morgan fingerprint density at radius 1 is 1.53 bits per heavy atom. The predicted octanol–water partition coefficient (Wildman–Crippen LogP) is 2.24. The van der Waals surface area contributed by atoms with Crippen molar-refractivity contribution in [2.24, 2.45) is 0 Å². The maximum absolute atomic E-state index is 11.3. The summed E-state index contributed by atoms with van der Waals surface area (Å²) in [4.78, 5) is 11.3. The number of halogens is 2. The summed E-state index contributed by atoms with van der Waals surface area (Å²) in [5, 5.41) is 3.19. The number of methoxy groups -OCH3 is 1. The van der Waals surface area contributed by atoms with Crippen LogP contribution in [-0.4, -0.2) is 32.8 Å². The van der Waals surface area contributed by atoms with E-state index in [1.165, 1.54) is 0 Å². The molecule has 94 valence electrons. The fraction of sp³-hybridized carbons (Fsp3) is 0.364. The third-order valence-corrected chi connectivity index (χ3v) is 3.26. The minimum Gasteiger partial charge on any atom is -0.483 e. The first-order chi connectivity index (χ1) is 8.15. The van der Waals surface area contributed by atoms with Gasteiger partial charge in [-0.2, -0.15) is 0 Å². The Morgan fingerprint density at radius 2 is 2.29 bits per heavy atom. The van der Waals surface area contributed by atoms with E-state index >= 15 is 0 Å². The molecular weight excluding hydrogens is 309 g/mol. The van der Waals surface area contributed by atoms with Crippen molar-refractivity contribution in [3.63, 3.8) is 0 Å². The van der Waals surface area contributed by atoms with Crippen LogP contribution in [0.2, 0.25) is 5.02 Å². The molecule has 0 aliphatic rings. The molecule has 1 aromatic carbocycles. The number of ether oxygens (including phenoxy) is 2. The average Bonchev–Trinajstić information content (AvgIpc) is 2.31. The Labute approximate surface area is 113 Å². The number of carbonyl (C=O) groups is 1. The van der Waals surface area contributed by atoms with E-state index in [9.17, 15) is 4.79 Å². The molecule has 0 atom stereocenters. The van der Waals surface area contributed by atoms with Crippen LogP contribution in [0, 0.1) is 0 Å². The van der Waals surface area contributed by atoms with Gasteiger partial charge in [0.25, 0.3) is 5.91 Å². The van der Waals surface area contributed by atoms with Gasteiger partial charge in [-0.25, -0.2) is 0 Å². The quantitative estimate of drug-likeness (QED) is 0.817. The number of amides is 1. The minimum atomic E-state index is -0.200. The Bertz CT molecular complexity index is 387. The van der Waals surface area contributed by atoms with Crippen LogP contribution >= 0.6 is 27.5 Å². The van der Waals surface area contributed by atoms with Gasteiger partial charge in [0.15, 0.2) is 6.61 Å². The molecule has 0 unspecified atom stereocenters. The molecule has 1 amide bonds. The molecule has 17 heavy (non-hydrogen) atoms. The van der Waals surface area contributed by atoms with Gasteiger partial charge in [0.05, 0.1) is 16.1 Å². The summed E-state index contributed by atoms with van der Waals surface area (Å²) < 4.78 is 10.8. The van der Waals surface area contributed by atoms with Crippen LogP contribution in [-0.2, 0) is 9.53 Å². The van der Waals surface area contributed by atoms with Gasteiger partial charge in [-0.3, -0.25) is 4.79 Å². The van der Waals surface area contributed by atoms with E-state index < -0.39 is 0 Å². The molecule has 1 aromatic rings. The highest BCUT2D eigenvalue weighted by Gasteiger charge is 2.07. The molecule has 0 heterocycles. The van der Waals surface area contributed by atoms with E-state index in [-0.39, 0.29) is 12.5 Å². The van der Waals surface area contributed by atoms with Crippen molar-refractivity contribution in [3.05, 3.63) is 27.7 Å². The first-order valence-electron chi connectivity index (χ1n) is 4.97. The number of hydrogen-bond acceptors (Lipinski definition) is 3. The van der Waals surface area contributed by atoms with Gasteiger partial charge < -0.3 is 14.8 Å². The Morgan fingerprint density at radius 3 is 3.00 bits per heavy atom. The lowest BCUT2D eigenvalue weighted by molar-refractivity contribution is -0.123. The van der Waals surface area contributed by atoms with E-state index in [0.29, 0.717) is 28.4 Å². The zero-order chi connectivity index (χ0) is 12.7. The van der Waals surface area contributed by atoms with Gasteiger partial charge in [-0.1, -0.05) is 17.7 Å². The standard InChI is InChI=1S/C11H13BrClNO3/c1-16-6-5-14-10(15)7-17-9-4-2-3-8(13)11(9)12/h2-4H,5-7H2,1H3,(H,14,15). The third kappa shape index (κ3) is 4.93. The molecule has 0 saturated heterocycles. The second-order valence-electron chi connectivity index (χ2n) is 3.18. The van der Waals surface area contributed by atoms with E-state index in [4.69, 9.17) is 21.1 Å². The maximum Gasteiger partial charge on any atom is 0.258 e. The molecule has 1 N–H and O–H groups in total. The largest absolute Gasteiger partial charge is 0.483 e. The van der Waals surface area contributed by atoms with Crippen molar-refractivity contribution >= 4 is 33.4 Å². The Hall–Kier alpha value is -0.780. The van der Waals surface area contributed by atoms with Gasteiger partial charge in [-0.05, 0) is 28.1 Å². The van der Waals surface area contributed by atoms with Crippen LogP contribution in [0.25, 0.3) is 0 Å². The van der Waals surface area contributed by atoms with Crippen LogP contribution in [0.5, 0.6) is 5.75 Å². The molecular formula is C11H13BrClNO3. The predicted molar refractivity (Wildman–Crippen MR) is 69.5 cm³/mol. The summed E-state index contributed by atoms with van der Waals surface area (Å²) in [5.41, 5.74) is 0. The second-order valence-corrected chi connectivity index (χ2v) is 4.38. The SMILES string of the molecule is COCCNC(=O)COc1cccc(Cl)c1Br. The first kappa shape index (κ1) is 14.3. The molecule has 0 saturated carbocycles. The van der Waals surface area contributed by atoms with Gasteiger partial charge >= 0.3 is 0 Å². The smallest absolute Gasteiger partial charge is 0.258 e. The van der Waals surface area contributed by atoms with Gasteiger partial charge in [-0.15, -0.1) is 0 Å². The van der Waals surface area contributed by atoms with E-state index in [0.717, 1.165) is 0 Å². The normalized spacial score (nSPS) is 10.1. The molecule has 6 heteroatoms. The fourth-order valence-electron chi connectivity index (χ4n) is 1.08.